The summed E-state index contributed by atoms with van der Waals surface area (Å²) in [7, 11) is 0. The van der Waals surface area contributed by atoms with Crippen molar-refractivity contribution in [3.8, 4) is 0 Å². The quantitative estimate of drug-likeness (QED) is 0.447. The van der Waals surface area contributed by atoms with Crippen LogP contribution in [0.3, 0.4) is 0 Å². The molecule has 0 unspecified atom stereocenters. The first-order valence-corrected chi connectivity index (χ1v) is 10.6. The van der Waals surface area contributed by atoms with E-state index in [1.165, 1.54) is 45.1 Å². The van der Waals surface area contributed by atoms with Gasteiger partial charge >= 0.3 is 0 Å². The predicted molar refractivity (Wildman–Crippen MR) is 122 cm³/mol. The fraction of sp³-hybridized carbons (Fsp3) is 0.696. The van der Waals surface area contributed by atoms with Crippen LogP contribution in [-0.4, -0.2) is 5.78 Å². The average Bonchev–Trinajstić information content (AvgIpc) is 2.49. The lowest BCUT2D eigenvalue weighted by atomic mass is 10.1. The van der Waals surface area contributed by atoms with Crippen molar-refractivity contribution in [1.82, 2.24) is 0 Å². The van der Waals surface area contributed by atoms with Crippen molar-refractivity contribution in [2.24, 2.45) is 11.8 Å². The van der Waals surface area contributed by atoms with Gasteiger partial charge in [-0.25, -0.2) is 0 Å². The molecule has 0 aliphatic rings. The molecule has 0 bridgehead atoms. The smallest absolute Gasteiger partial charge is 0.126 e. The van der Waals surface area contributed by atoms with Gasteiger partial charge in [0.15, 0.2) is 0 Å². The summed E-state index contributed by atoms with van der Waals surface area (Å²) in [4.78, 5) is 9.44. The third-order valence-corrected chi connectivity index (χ3v) is 3.52. The lowest BCUT2D eigenvalue weighted by molar-refractivity contribution is -0.114. The number of aryl methyl sites for hydroxylation is 1. The second kappa shape index (κ2) is 20.8. The molecule has 0 aromatic heterocycles. The first-order chi connectivity index (χ1) is 12.0. The number of Topliss-reactive ketones (excluding diaryl/α,β-unsaturated/α-hetero) is 1. The molecule has 0 aliphatic carbocycles. The van der Waals surface area contributed by atoms with E-state index in [0.717, 1.165) is 18.3 Å². The van der Waals surface area contributed by atoms with Gasteiger partial charge in [-0.2, -0.15) is 0 Å². The number of benzene rings is 1. The molecule has 0 N–H and O–H groups in total. The lowest BCUT2D eigenvalue weighted by Gasteiger charge is -2.00. The van der Waals surface area contributed by atoms with Crippen LogP contribution in [-0.2, 0) is 11.2 Å². The molecule has 0 spiro atoms. The molecule has 26 heavy (non-hydrogen) atoms. The lowest BCUT2D eigenvalue weighted by Crippen LogP contribution is -1.85. The Morgan fingerprint density at radius 1 is 0.923 bits per heavy atom. The van der Waals surface area contributed by atoms with Crippen LogP contribution < -0.4 is 0 Å². The Balaban J connectivity index is -0.000000296. The molecule has 0 amide bonds. The molecular weight excluding hydrogens is 363 g/mol. The van der Waals surface area contributed by atoms with Crippen LogP contribution in [0, 0.1) is 11.8 Å². The number of halogens is 2. The van der Waals surface area contributed by atoms with Crippen molar-refractivity contribution in [1.29, 1.82) is 0 Å². The van der Waals surface area contributed by atoms with Crippen LogP contribution in [0.1, 0.15) is 93.6 Å². The summed E-state index contributed by atoms with van der Waals surface area (Å²) in [6.07, 6.45) is 6.60. The van der Waals surface area contributed by atoms with E-state index in [-0.39, 0.29) is 5.78 Å². The Morgan fingerprint density at radius 2 is 1.38 bits per heavy atom. The number of unbranched alkanes of at least 4 members (excludes halogenated alkanes) is 2. The van der Waals surface area contributed by atoms with E-state index in [9.17, 15) is 4.79 Å². The zero-order chi connectivity index (χ0) is 21.1. The van der Waals surface area contributed by atoms with Gasteiger partial charge in [-0.15, -0.1) is 0 Å². The molecule has 0 aliphatic heterocycles. The summed E-state index contributed by atoms with van der Waals surface area (Å²) in [5, 5.41) is 1.26. The van der Waals surface area contributed by atoms with Gasteiger partial charge in [-0.3, -0.25) is 0 Å². The molecule has 0 radical (unpaired) electrons. The maximum Gasteiger partial charge on any atom is 0.126 e. The van der Waals surface area contributed by atoms with Gasteiger partial charge in [0.1, 0.15) is 5.78 Å². The molecule has 3 heteroatoms. The SMILES string of the molecule is CC(C)=O.CC(C)C.CCCCCC(C)C.CCc1ccc(Cl)c(Cl)c1. The van der Waals surface area contributed by atoms with Crippen molar-refractivity contribution in [3.63, 3.8) is 0 Å². The summed E-state index contributed by atoms with van der Waals surface area (Å²) in [5.74, 6) is 1.90. The van der Waals surface area contributed by atoms with E-state index in [1.54, 1.807) is 0 Å². The summed E-state index contributed by atoms with van der Waals surface area (Å²) >= 11 is 11.5. The zero-order valence-electron chi connectivity index (χ0n) is 18.6. The molecule has 1 aromatic carbocycles. The normalized spacial score (nSPS) is 9.42. The van der Waals surface area contributed by atoms with Crippen molar-refractivity contribution < 1.29 is 4.79 Å². The number of hydrogen-bond acceptors (Lipinski definition) is 1. The minimum absolute atomic E-state index is 0.167. The Labute approximate surface area is 173 Å². The molecule has 0 saturated carbocycles. The Kier molecular flexibility index (Phi) is 24.1. The molecule has 0 saturated heterocycles. The van der Waals surface area contributed by atoms with E-state index >= 15 is 0 Å². The topological polar surface area (TPSA) is 17.1 Å². The highest BCUT2D eigenvalue weighted by Gasteiger charge is 1.96. The fourth-order valence-corrected chi connectivity index (χ4v) is 1.88. The fourth-order valence-electron chi connectivity index (χ4n) is 1.56. The second-order valence-corrected chi connectivity index (χ2v) is 8.45. The minimum Gasteiger partial charge on any atom is -0.300 e. The van der Waals surface area contributed by atoms with Crippen molar-refractivity contribution in [2.45, 2.75) is 94.4 Å². The molecular formula is C23H42Cl2O. The summed E-state index contributed by atoms with van der Waals surface area (Å²) in [6, 6.07) is 5.70. The van der Waals surface area contributed by atoms with Gasteiger partial charge in [-0.1, -0.05) is 103 Å². The van der Waals surface area contributed by atoms with Crippen LogP contribution in [0.5, 0.6) is 0 Å². The molecule has 0 fully saturated rings. The highest BCUT2D eigenvalue weighted by Crippen LogP contribution is 2.22. The van der Waals surface area contributed by atoms with Gasteiger partial charge in [0.2, 0.25) is 0 Å². The summed E-state index contributed by atoms with van der Waals surface area (Å²) in [5.41, 5.74) is 1.22. The number of hydrogen-bond donors (Lipinski definition) is 0. The van der Waals surface area contributed by atoms with Gasteiger partial charge < -0.3 is 4.79 Å². The third-order valence-electron chi connectivity index (χ3n) is 2.78. The molecule has 1 aromatic rings. The largest absolute Gasteiger partial charge is 0.300 e. The Bertz CT molecular complexity index is 433. The van der Waals surface area contributed by atoms with Crippen LogP contribution in [0.4, 0.5) is 0 Å². The number of carbonyl (C=O) groups excluding carboxylic acids is 1. The summed E-state index contributed by atoms with van der Waals surface area (Å²) < 4.78 is 0. The minimum atomic E-state index is 0.167. The average molecular weight is 405 g/mol. The standard InChI is InChI=1S/C8H8Cl2.C8H18.C4H10.C3H6O/c1-2-6-3-4-7(9)8(10)5-6;1-4-5-6-7-8(2)3;1-4(2)3;1-3(2)4/h3-5H,2H2,1H3;8H,4-7H2,1-3H3;4H,1-3H3;1-2H3. The summed E-state index contributed by atoms with van der Waals surface area (Å²) in [6.45, 7) is 18.5. The molecule has 1 rings (SSSR count). The van der Waals surface area contributed by atoms with Crippen LogP contribution in [0.2, 0.25) is 10.0 Å². The molecule has 0 atom stereocenters. The van der Waals surface area contributed by atoms with E-state index in [4.69, 9.17) is 23.2 Å². The van der Waals surface area contributed by atoms with E-state index < -0.39 is 0 Å². The number of ketones is 1. The van der Waals surface area contributed by atoms with Crippen LogP contribution in [0.15, 0.2) is 18.2 Å². The van der Waals surface area contributed by atoms with Gasteiger partial charge in [0, 0.05) is 0 Å². The van der Waals surface area contributed by atoms with E-state index in [2.05, 4.69) is 48.5 Å². The van der Waals surface area contributed by atoms with Gasteiger partial charge in [-0.05, 0) is 49.8 Å². The zero-order valence-corrected chi connectivity index (χ0v) is 20.1. The van der Waals surface area contributed by atoms with E-state index in [0.29, 0.717) is 10.0 Å². The number of carbonyl (C=O) groups is 1. The highest BCUT2D eigenvalue weighted by atomic mass is 35.5. The third kappa shape index (κ3) is 31.3. The first kappa shape index (κ1) is 30.2. The highest BCUT2D eigenvalue weighted by molar-refractivity contribution is 6.42. The maximum atomic E-state index is 9.44. The second-order valence-electron chi connectivity index (χ2n) is 7.63. The van der Waals surface area contributed by atoms with Crippen molar-refractivity contribution >= 4 is 29.0 Å². The van der Waals surface area contributed by atoms with Crippen molar-refractivity contribution in [3.05, 3.63) is 33.8 Å². The Morgan fingerprint density at radius 3 is 1.69 bits per heavy atom. The predicted octanol–water partition coefficient (Wildman–Crippen LogP) is 9.04. The first-order valence-electron chi connectivity index (χ1n) is 9.88. The Hall–Kier alpha value is -0.530. The van der Waals surface area contributed by atoms with Crippen molar-refractivity contribution in [2.75, 3.05) is 0 Å². The monoisotopic (exact) mass is 404 g/mol. The maximum absolute atomic E-state index is 9.44. The van der Waals surface area contributed by atoms with Gasteiger partial charge in [0.25, 0.3) is 0 Å². The van der Waals surface area contributed by atoms with E-state index in [1.807, 2.05) is 18.2 Å². The molecule has 0 heterocycles. The van der Waals surface area contributed by atoms with Crippen LogP contribution in [0.25, 0.3) is 0 Å². The molecule has 154 valence electrons. The van der Waals surface area contributed by atoms with Crippen LogP contribution >= 0.6 is 23.2 Å². The number of rotatable bonds is 5. The molecule has 1 nitrogen and oxygen atoms in total. The van der Waals surface area contributed by atoms with Gasteiger partial charge in [0.05, 0.1) is 10.0 Å².